The molecule has 1 aliphatic carbocycles. The molecule has 1 fully saturated rings. The zero-order chi connectivity index (χ0) is 47.6. The van der Waals surface area contributed by atoms with Crippen LogP contribution >= 0.6 is 15.6 Å². The van der Waals surface area contributed by atoms with Crippen molar-refractivity contribution >= 4 is 33.4 Å². The number of unbranched alkanes of at least 4 members (excludes halogenated alkanes) is 15. The van der Waals surface area contributed by atoms with Crippen molar-refractivity contribution in [2.45, 2.75) is 204 Å². The summed E-state index contributed by atoms with van der Waals surface area (Å²) in [6.07, 6.45) is 20.5. The number of esters is 2. The van der Waals surface area contributed by atoms with E-state index in [1.165, 1.54) is 19.3 Å². The Balaban J connectivity index is 2.64. The van der Waals surface area contributed by atoms with Gasteiger partial charge in [0.15, 0.2) is 11.9 Å². The van der Waals surface area contributed by atoms with Crippen LogP contribution < -0.4 is 0 Å². The van der Waals surface area contributed by atoms with Crippen molar-refractivity contribution in [1.82, 2.24) is 0 Å². The van der Waals surface area contributed by atoms with Crippen molar-refractivity contribution in [3.63, 3.8) is 0 Å². The van der Waals surface area contributed by atoms with E-state index in [0.29, 0.717) is 19.3 Å². The van der Waals surface area contributed by atoms with Gasteiger partial charge in [-0.1, -0.05) is 121 Å². The maximum atomic E-state index is 13.0. The molecule has 5 unspecified atom stereocenters. The molecule has 0 aromatic carbocycles. The predicted molar refractivity (Wildman–Crippen MR) is 242 cm³/mol. The van der Waals surface area contributed by atoms with E-state index in [1.807, 2.05) is 12.2 Å². The summed E-state index contributed by atoms with van der Waals surface area (Å²) in [6.45, 7) is 2.88. The fraction of sp³-hybridized carbons (Fsp3) is 0.756. The Morgan fingerprint density at radius 3 is 1.64 bits per heavy atom. The minimum Gasteiger partial charge on any atom is -0.462 e. The van der Waals surface area contributed by atoms with Crippen molar-refractivity contribution in [3.8, 4) is 0 Å². The first-order chi connectivity index (χ1) is 30.5. The van der Waals surface area contributed by atoms with Gasteiger partial charge in [0.25, 0.3) is 0 Å². The molecule has 0 saturated heterocycles. The van der Waals surface area contributed by atoms with E-state index in [1.54, 1.807) is 12.2 Å². The Kier molecular flexibility index (Phi) is 33.3. The lowest BCUT2D eigenvalue weighted by atomic mass is 9.85. The molecular weight excluding hydrogens is 874 g/mol. The molecule has 0 heterocycles. The largest absolute Gasteiger partial charge is 0.472 e. The molecule has 0 radical (unpaired) electrons. The number of aliphatic hydroxyl groups is 4. The molecule has 0 bridgehead atoms. The smallest absolute Gasteiger partial charge is 0.462 e. The van der Waals surface area contributed by atoms with Crippen LogP contribution in [0.15, 0.2) is 48.6 Å². The molecule has 8 atom stereocenters. The fourth-order valence-corrected chi connectivity index (χ4v) is 8.22. The van der Waals surface area contributed by atoms with E-state index in [2.05, 4.69) is 42.7 Å². The lowest BCUT2D eigenvalue weighted by Gasteiger charge is -2.43. The van der Waals surface area contributed by atoms with Gasteiger partial charge in [-0.2, -0.15) is 0 Å². The van der Waals surface area contributed by atoms with Gasteiger partial charge in [0, 0.05) is 19.3 Å². The fourth-order valence-electron chi connectivity index (χ4n) is 6.68. The normalized spacial score (nSPS) is 22.1. The molecule has 0 aromatic rings. The van der Waals surface area contributed by atoms with Gasteiger partial charge in [0.2, 0.25) is 0 Å². The number of phosphoric acid groups is 2. The minimum absolute atomic E-state index is 0.00908. The van der Waals surface area contributed by atoms with Crippen LogP contribution in [0.25, 0.3) is 0 Å². The lowest BCUT2D eigenvalue weighted by Crippen LogP contribution is -2.64. The number of aliphatic hydroxyl groups excluding tert-OH is 4. The van der Waals surface area contributed by atoms with E-state index in [4.69, 9.17) is 28.3 Å². The van der Waals surface area contributed by atoms with Gasteiger partial charge < -0.3 is 44.6 Å². The number of ketones is 1. The van der Waals surface area contributed by atoms with Crippen molar-refractivity contribution in [2.24, 2.45) is 0 Å². The Hall–Kier alpha value is -2.37. The lowest BCUT2D eigenvalue weighted by molar-refractivity contribution is -0.216. The molecule has 1 rings (SSSR count). The molecule has 370 valence electrons. The molecule has 1 aliphatic rings. The summed E-state index contributed by atoms with van der Waals surface area (Å²) in [6, 6.07) is 0. The zero-order valence-corrected chi connectivity index (χ0v) is 39.7. The highest BCUT2D eigenvalue weighted by atomic mass is 31.2. The highest BCUT2D eigenvalue weighted by molar-refractivity contribution is 7.47. The zero-order valence-electron chi connectivity index (χ0n) is 37.9. The summed E-state index contributed by atoms with van der Waals surface area (Å²) < 4.78 is 49.3. The second-order valence-electron chi connectivity index (χ2n) is 16.2. The third-order valence-corrected chi connectivity index (χ3v) is 11.9. The molecule has 0 amide bonds. The second kappa shape index (κ2) is 35.8. The van der Waals surface area contributed by atoms with E-state index in [9.17, 15) is 48.8 Å². The first-order valence-corrected chi connectivity index (χ1v) is 26.2. The molecule has 7 N–H and O–H groups in total. The van der Waals surface area contributed by atoms with Crippen molar-refractivity contribution < 1.29 is 81.7 Å². The van der Waals surface area contributed by atoms with Crippen LogP contribution in [0.2, 0.25) is 0 Å². The summed E-state index contributed by atoms with van der Waals surface area (Å²) in [4.78, 5) is 66.0. The SMILES string of the molecule is CCCCC/C=C\C/C=C\CCCCCCCC(=O)O[C@H](COC(=O)CCCCCCC/C=C\C=C\C(=O)CCCCC)COP(=O)(O)O[C@H]1C(O)C(O)C(O)[C@@H](OP(=O)(O)O)C1O. The van der Waals surface area contributed by atoms with Gasteiger partial charge in [0.1, 0.15) is 43.2 Å². The molecule has 19 heteroatoms. The summed E-state index contributed by atoms with van der Waals surface area (Å²) in [7, 11) is -10.7. The number of carbonyl (C=O) groups excluding carboxylic acids is 3. The summed E-state index contributed by atoms with van der Waals surface area (Å²) >= 11 is 0. The number of phosphoric ester groups is 2. The molecular formula is C45H78O17P2. The number of rotatable bonds is 38. The maximum absolute atomic E-state index is 13.0. The van der Waals surface area contributed by atoms with Gasteiger partial charge in [-0.3, -0.25) is 28.0 Å². The summed E-state index contributed by atoms with van der Waals surface area (Å²) in [5.74, 6) is -1.16. The number of allylic oxidation sites excluding steroid dienone is 8. The predicted octanol–water partition coefficient (Wildman–Crippen LogP) is 7.68. The number of ether oxygens (including phenoxy) is 2. The van der Waals surface area contributed by atoms with E-state index in [-0.39, 0.29) is 18.6 Å². The number of hydrogen-bond acceptors (Lipinski definition) is 14. The highest BCUT2D eigenvalue weighted by Crippen LogP contribution is 2.49. The number of hydrogen-bond donors (Lipinski definition) is 7. The van der Waals surface area contributed by atoms with Crippen LogP contribution in [0.3, 0.4) is 0 Å². The van der Waals surface area contributed by atoms with E-state index >= 15 is 0 Å². The molecule has 0 aliphatic heterocycles. The topological polar surface area (TPSA) is 273 Å². The molecule has 0 spiro atoms. The van der Waals surface area contributed by atoms with Crippen LogP contribution in [0.5, 0.6) is 0 Å². The quantitative estimate of drug-likeness (QED) is 0.00780. The average Bonchev–Trinajstić information content (AvgIpc) is 3.24. The van der Waals surface area contributed by atoms with E-state index in [0.717, 1.165) is 96.3 Å². The van der Waals surface area contributed by atoms with Gasteiger partial charge in [-0.05, 0) is 70.3 Å². The molecule has 64 heavy (non-hydrogen) atoms. The van der Waals surface area contributed by atoms with Gasteiger partial charge in [0.05, 0.1) is 6.61 Å². The van der Waals surface area contributed by atoms with Crippen LogP contribution in [-0.4, -0.2) is 109 Å². The summed E-state index contributed by atoms with van der Waals surface area (Å²) in [5.41, 5.74) is 0. The van der Waals surface area contributed by atoms with Crippen LogP contribution in [-0.2, 0) is 46.6 Å². The Morgan fingerprint density at radius 2 is 1.05 bits per heavy atom. The van der Waals surface area contributed by atoms with E-state index < -0.39 is 83.5 Å². The second-order valence-corrected chi connectivity index (χ2v) is 18.7. The molecule has 0 aromatic heterocycles. The van der Waals surface area contributed by atoms with Crippen molar-refractivity contribution in [1.29, 1.82) is 0 Å². The minimum atomic E-state index is -5.38. The third kappa shape index (κ3) is 30.0. The third-order valence-electron chi connectivity index (χ3n) is 10.4. The summed E-state index contributed by atoms with van der Waals surface area (Å²) in [5, 5.41) is 41.2. The Morgan fingerprint density at radius 1 is 0.547 bits per heavy atom. The van der Waals surface area contributed by atoms with Crippen molar-refractivity contribution in [2.75, 3.05) is 13.2 Å². The van der Waals surface area contributed by atoms with Crippen molar-refractivity contribution in [3.05, 3.63) is 48.6 Å². The standard InChI is InChI=1S/C45H78O17P2/c1-3-5-7-8-9-10-11-12-13-14-15-18-22-25-29-33-39(48)60-37(34-58-38(47)32-28-24-21-19-16-17-20-23-27-31-36(46)30-26-6-4-2)35-59-64(56,57)62-45-42(51)40(49)41(50)44(43(45)52)61-63(53,54)55/h9-10,12-13,20,23,27,31,37,40-45,49-52H,3-8,11,14-19,21-22,24-26,28-30,32-35H2,1-2H3,(H,56,57)(H2,53,54,55)/b10-9-,13-12-,23-20-,31-27+/t37-,40?,41?,42?,43?,44-,45+/m1/s1. The average molecular weight is 953 g/mol. The maximum Gasteiger partial charge on any atom is 0.472 e. The number of carbonyl (C=O) groups is 3. The Bertz CT molecular complexity index is 1490. The van der Waals surface area contributed by atoms with Gasteiger partial charge >= 0.3 is 27.6 Å². The molecule has 1 saturated carbocycles. The van der Waals surface area contributed by atoms with Crippen LogP contribution in [0.1, 0.15) is 162 Å². The Labute approximate surface area is 380 Å². The van der Waals surface area contributed by atoms with Gasteiger partial charge in [-0.25, -0.2) is 9.13 Å². The monoisotopic (exact) mass is 952 g/mol. The molecule has 17 nitrogen and oxygen atoms in total. The highest BCUT2D eigenvalue weighted by Gasteiger charge is 2.54. The first kappa shape index (κ1) is 59.6. The van der Waals surface area contributed by atoms with Crippen LogP contribution in [0, 0.1) is 0 Å². The first-order valence-electron chi connectivity index (χ1n) is 23.1. The van der Waals surface area contributed by atoms with Crippen LogP contribution in [0.4, 0.5) is 0 Å². The van der Waals surface area contributed by atoms with Gasteiger partial charge in [-0.15, -0.1) is 0 Å².